The summed E-state index contributed by atoms with van der Waals surface area (Å²) in [6, 6.07) is 4.40. The Morgan fingerprint density at radius 1 is 1.27 bits per heavy atom. The molecule has 0 aliphatic carbocycles. The van der Waals surface area contributed by atoms with E-state index in [2.05, 4.69) is 51.7 Å². The normalized spacial score (nSPS) is 22.2. The van der Waals surface area contributed by atoms with Gasteiger partial charge in [0, 0.05) is 36.3 Å². The Bertz CT molecular complexity index is 510. The topological polar surface area (TPSA) is 39.7 Å². The van der Waals surface area contributed by atoms with E-state index in [1.807, 2.05) is 11.3 Å². The van der Waals surface area contributed by atoms with Crippen LogP contribution in [0.5, 0.6) is 0 Å². The summed E-state index contributed by atoms with van der Waals surface area (Å²) in [6.45, 7) is 8.63. The molecule has 2 aliphatic heterocycles. The first-order valence-electron chi connectivity index (χ1n) is 9.72. The fraction of sp³-hybridized carbons (Fsp3) is 0.737. The third-order valence-corrected chi connectivity index (χ3v) is 7.30. The number of nitrogens with one attached hydrogen (secondary N) is 2. The number of thiophene rings is 1. The van der Waals surface area contributed by atoms with Crippen molar-refractivity contribution in [3.8, 4) is 0 Å². The maximum atomic E-state index is 4.87. The Hall–Kier alpha value is 0.01000. The van der Waals surface area contributed by atoms with Crippen molar-refractivity contribution in [2.75, 3.05) is 38.5 Å². The molecule has 0 radical (unpaired) electrons. The van der Waals surface area contributed by atoms with Crippen molar-refractivity contribution < 1.29 is 0 Å². The van der Waals surface area contributed by atoms with E-state index in [-0.39, 0.29) is 24.0 Å². The van der Waals surface area contributed by atoms with Crippen LogP contribution >= 0.6 is 47.1 Å². The molecule has 3 heterocycles. The van der Waals surface area contributed by atoms with E-state index < -0.39 is 0 Å². The number of aliphatic imine (C=N–C) groups is 1. The van der Waals surface area contributed by atoms with Crippen molar-refractivity contribution in [1.29, 1.82) is 0 Å². The molecule has 1 atom stereocenters. The summed E-state index contributed by atoms with van der Waals surface area (Å²) in [5.74, 6) is 3.07. The van der Waals surface area contributed by atoms with Crippen LogP contribution in [0.15, 0.2) is 22.5 Å². The molecule has 2 fully saturated rings. The van der Waals surface area contributed by atoms with Gasteiger partial charge in [0.05, 0.1) is 0 Å². The van der Waals surface area contributed by atoms with Gasteiger partial charge in [0.2, 0.25) is 0 Å². The number of hydrogen-bond donors (Lipinski definition) is 2. The summed E-state index contributed by atoms with van der Waals surface area (Å²) >= 11 is 3.97. The molecular weight excluding hydrogens is 475 g/mol. The van der Waals surface area contributed by atoms with Crippen molar-refractivity contribution >= 4 is 53.0 Å². The van der Waals surface area contributed by atoms with Crippen LogP contribution in [0.2, 0.25) is 0 Å². The van der Waals surface area contributed by atoms with Gasteiger partial charge in [0.1, 0.15) is 0 Å². The van der Waals surface area contributed by atoms with Gasteiger partial charge in [0.15, 0.2) is 5.96 Å². The number of guanidine groups is 1. The lowest BCUT2D eigenvalue weighted by Crippen LogP contribution is -2.41. The van der Waals surface area contributed by atoms with Gasteiger partial charge in [-0.1, -0.05) is 6.07 Å². The maximum absolute atomic E-state index is 4.87. The Labute approximate surface area is 184 Å². The molecule has 2 saturated heterocycles. The molecule has 1 unspecified atom stereocenters. The number of rotatable bonds is 7. The maximum Gasteiger partial charge on any atom is 0.191 e. The highest BCUT2D eigenvalue weighted by molar-refractivity contribution is 14.0. The molecule has 7 heteroatoms. The fourth-order valence-corrected chi connectivity index (χ4v) is 5.48. The lowest BCUT2D eigenvalue weighted by Gasteiger charge is -2.31. The van der Waals surface area contributed by atoms with Crippen molar-refractivity contribution in [1.82, 2.24) is 15.5 Å². The Balaban J connectivity index is 0.00000243. The molecule has 0 saturated carbocycles. The number of hydrogen-bond acceptors (Lipinski definition) is 4. The van der Waals surface area contributed by atoms with Gasteiger partial charge >= 0.3 is 0 Å². The first kappa shape index (κ1) is 22.3. The third kappa shape index (κ3) is 7.56. The highest BCUT2D eigenvalue weighted by Crippen LogP contribution is 2.25. The Kier molecular flexibility index (Phi) is 10.7. The summed E-state index contributed by atoms with van der Waals surface area (Å²) in [7, 11) is 0. The summed E-state index contributed by atoms with van der Waals surface area (Å²) in [4.78, 5) is 8.94. The highest BCUT2D eigenvalue weighted by atomic mass is 127. The van der Waals surface area contributed by atoms with Crippen LogP contribution in [0.1, 0.15) is 37.5 Å². The lowest BCUT2D eigenvalue weighted by molar-refractivity contribution is 0.182. The number of nitrogens with zero attached hydrogens (tertiary/aromatic N) is 2. The number of piperidine rings is 1. The summed E-state index contributed by atoms with van der Waals surface area (Å²) < 4.78 is 0. The predicted molar refractivity (Wildman–Crippen MR) is 127 cm³/mol. The lowest BCUT2D eigenvalue weighted by atomic mass is 9.97. The van der Waals surface area contributed by atoms with Crippen LogP contribution in [0.4, 0.5) is 0 Å². The van der Waals surface area contributed by atoms with E-state index in [1.165, 1.54) is 49.4 Å². The molecule has 1 aromatic rings. The molecule has 3 rings (SSSR count). The molecule has 0 amide bonds. The van der Waals surface area contributed by atoms with Gasteiger partial charge in [-0.25, -0.2) is 0 Å². The molecule has 0 aromatic carbocycles. The smallest absolute Gasteiger partial charge is 0.191 e. The van der Waals surface area contributed by atoms with E-state index in [9.17, 15) is 0 Å². The zero-order valence-corrected chi connectivity index (χ0v) is 19.7. The van der Waals surface area contributed by atoms with Crippen LogP contribution in [0.25, 0.3) is 0 Å². The SMILES string of the molecule is CCNC(=NCC1CCN(Cc2cccs2)CC1)NCC1CCCS1.I. The molecule has 2 aliphatic rings. The van der Waals surface area contributed by atoms with E-state index in [0.29, 0.717) is 0 Å². The van der Waals surface area contributed by atoms with E-state index in [0.717, 1.165) is 43.3 Å². The minimum absolute atomic E-state index is 0. The zero-order valence-electron chi connectivity index (χ0n) is 15.8. The minimum atomic E-state index is 0. The summed E-state index contributed by atoms with van der Waals surface area (Å²) in [5, 5.41) is 9.90. The monoisotopic (exact) mass is 508 g/mol. The standard InChI is InChI=1S/C19H32N4S2.HI/c1-2-20-19(22-14-17-5-3-11-24-17)21-13-16-7-9-23(10-8-16)15-18-6-4-12-25-18;/h4,6,12,16-17H,2-3,5,7-11,13-15H2,1H3,(H2,20,21,22);1H. The van der Waals surface area contributed by atoms with Crippen LogP contribution in [-0.2, 0) is 6.54 Å². The van der Waals surface area contributed by atoms with E-state index in [1.54, 1.807) is 0 Å². The first-order chi connectivity index (χ1) is 12.3. The first-order valence-corrected chi connectivity index (χ1v) is 11.6. The highest BCUT2D eigenvalue weighted by Gasteiger charge is 2.20. The van der Waals surface area contributed by atoms with Crippen LogP contribution < -0.4 is 10.6 Å². The van der Waals surface area contributed by atoms with Crippen molar-refractivity contribution in [2.45, 2.75) is 44.4 Å². The van der Waals surface area contributed by atoms with Crippen LogP contribution in [0, 0.1) is 5.92 Å². The second-order valence-electron chi connectivity index (χ2n) is 7.03. The number of thioether (sulfide) groups is 1. The molecule has 1 aromatic heterocycles. The van der Waals surface area contributed by atoms with Gasteiger partial charge < -0.3 is 10.6 Å². The molecule has 26 heavy (non-hydrogen) atoms. The predicted octanol–water partition coefficient (Wildman–Crippen LogP) is 4.03. The molecule has 0 bridgehead atoms. The second kappa shape index (κ2) is 12.5. The van der Waals surface area contributed by atoms with Gasteiger partial charge in [-0.2, -0.15) is 11.8 Å². The zero-order chi connectivity index (χ0) is 17.3. The third-order valence-electron chi connectivity index (χ3n) is 5.04. The number of likely N-dealkylation sites (tertiary alicyclic amines) is 1. The van der Waals surface area contributed by atoms with Gasteiger partial charge in [-0.15, -0.1) is 35.3 Å². The van der Waals surface area contributed by atoms with Crippen LogP contribution in [0.3, 0.4) is 0 Å². The second-order valence-corrected chi connectivity index (χ2v) is 9.47. The van der Waals surface area contributed by atoms with Gasteiger partial charge in [-0.3, -0.25) is 9.89 Å². The van der Waals surface area contributed by atoms with Crippen molar-refractivity contribution in [2.24, 2.45) is 10.9 Å². The average Bonchev–Trinajstić information content (AvgIpc) is 3.32. The molecule has 0 spiro atoms. The van der Waals surface area contributed by atoms with Crippen molar-refractivity contribution in [3.63, 3.8) is 0 Å². The number of halogens is 1. The largest absolute Gasteiger partial charge is 0.357 e. The molecule has 148 valence electrons. The summed E-state index contributed by atoms with van der Waals surface area (Å²) in [5.41, 5.74) is 0. The Morgan fingerprint density at radius 3 is 2.77 bits per heavy atom. The average molecular weight is 509 g/mol. The molecule has 2 N–H and O–H groups in total. The van der Waals surface area contributed by atoms with E-state index in [4.69, 9.17) is 4.99 Å². The quantitative estimate of drug-likeness (QED) is 0.332. The van der Waals surface area contributed by atoms with Gasteiger partial charge in [0.25, 0.3) is 0 Å². The van der Waals surface area contributed by atoms with E-state index >= 15 is 0 Å². The van der Waals surface area contributed by atoms with Crippen LogP contribution in [-0.4, -0.2) is 54.6 Å². The summed E-state index contributed by atoms with van der Waals surface area (Å²) in [6.07, 6.45) is 5.26. The van der Waals surface area contributed by atoms with Crippen molar-refractivity contribution in [3.05, 3.63) is 22.4 Å². The van der Waals surface area contributed by atoms with Gasteiger partial charge in [-0.05, 0) is 68.8 Å². The molecular formula is C19H33IN4S2. The minimum Gasteiger partial charge on any atom is -0.357 e. The fourth-order valence-electron chi connectivity index (χ4n) is 3.53. The Morgan fingerprint density at radius 2 is 2.12 bits per heavy atom. The molecule has 4 nitrogen and oxygen atoms in total.